The van der Waals surface area contributed by atoms with Gasteiger partial charge < -0.3 is 4.74 Å². The molecule has 1 heterocycles. The van der Waals surface area contributed by atoms with E-state index in [0.717, 1.165) is 12.2 Å². The van der Waals surface area contributed by atoms with Crippen LogP contribution in [-0.2, 0) is 6.42 Å². The molecule has 0 spiro atoms. The van der Waals surface area contributed by atoms with Gasteiger partial charge in [-0.05, 0) is 38.0 Å². The maximum Gasteiger partial charge on any atom is 0.269 e. The largest absolute Gasteiger partial charge is 0.484 e. The zero-order valence-electron chi connectivity index (χ0n) is 12.4. The van der Waals surface area contributed by atoms with E-state index in [4.69, 9.17) is 10.6 Å². The van der Waals surface area contributed by atoms with Gasteiger partial charge in [0.2, 0.25) is 0 Å². The van der Waals surface area contributed by atoms with E-state index >= 15 is 0 Å². The molecule has 0 aliphatic rings. The lowest BCUT2D eigenvalue weighted by Crippen LogP contribution is -2.31. The van der Waals surface area contributed by atoms with E-state index in [0.29, 0.717) is 17.0 Å². The standard InChI is InChI=1S/C15H20N4O2/c1-4-11-5-7-12(8-6-11)21-10(3)14-13(15(20)17-16)9(2)18-19-14/h5-8,10H,4,16H2,1-3H3,(H,17,20)(H,18,19). The van der Waals surface area contributed by atoms with Crippen LogP contribution in [0.3, 0.4) is 0 Å². The maximum atomic E-state index is 11.8. The molecule has 1 aromatic carbocycles. The van der Waals surface area contributed by atoms with Crippen molar-refractivity contribution in [2.75, 3.05) is 0 Å². The fourth-order valence-electron chi connectivity index (χ4n) is 2.16. The number of H-pyrrole nitrogens is 1. The van der Waals surface area contributed by atoms with Crippen LogP contribution in [0, 0.1) is 6.92 Å². The Labute approximate surface area is 123 Å². The first-order valence-corrected chi connectivity index (χ1v) is 6.88. The highest BCUT2D eigenvalue weighted by Crippen LogP contribution is 2.24. The summed E-state index contributed by atoms with van der Waals surface area (Å²) >= 11 is 0. The Morgan fingerprint density at radius 2 is 2.10 bits per heavy atom. The predicted molar refractivity (Wildman–Crippen MR) is 79.8 cm³/mol. The van der Waals surface area contributed by atoms with Crippen molar-refractivity contribution in [3.8, 4) is 5.75 Å². The Morgan fingerprint density at radius 1 is 1.43 bits per heavy atom. The number of amides is 1. The molecular weight excluding hydrogens is 268 g/mol. The molecule has 1 atom stereocenters. The minimum absolute atomic E-state index is 0.366. The number of nitrogens with two attached hydrogens (primary N) is 1. The summed E-state index contributed by atoms with van der Waals surface area (Å²) in [5.41, 5.74) is 4.99. The van der Waals surface area contributed by atoms with Gasteiger partial charge in [-0.1, -0.05) is 19.1 Å². The van der Waals surface area contributed by atoms with Gasteiger partial charge in [-0.15, -0.1) is 0 Å². The van der Waals surface area contributed by atoms with Gasteiger partial charge in [0, 0.05) is 5.69 Å². The molecular formula is C15H20N4O2. The molecule has 1 amide bonds. The van der Waals surface area contributed by atoms with E-state index in [1.807, 2.05) is 31.2 Å². The highest BCUT2D eigenvalue weighted by atomic mass is 16.5. The van der Waals surface area contributed by atoms with Gasteiger partial charge >= 0.3 is 0 Å². The molecule has 112 valence electrons. The number of nitrogen functional groups attached to an aromatic ring is 1. The third kappa shape index (κ3) is 3.22. The molecule has 0 aliphatic carbocycles. The SMILES string of the molecule is CCc1ccc(OC(C)c2n[nH]c(C)c2C(=O)NN)cc1. The van der Waals surface area contributed by atoms with E-state index in [-0.39, 0.29) is 12.0 Å². The van der Waals surface area contributed by atoms with Crippen LogP contribution in [0.1, 0.15) is 47.3 Å². The van der Waals surface area contributed by atoms with E-state index < -0.39 is 0 Å². The van der Waals surface area contributed by atoms with Crippen molar-refractivity contribution in [2.24, 2.45) is 5.84 Å². The summed E-state index contributed by atoms with van der Waals surface area (Å²) in [6, 6.07) is 7.87. The number of carbonyl (C=O) groups excluding carboxylic acids is 1. The molecule has 0 saturated heterocycles. The van der Waals surface area contributed by atoms with Gasteiger partial charge in [0.05, 0.1) is 5.56 Å². The average molecular weight is 288 g/mol. The van der Waals surface area contributed by atoms with Crippen LogP contribution in [0.25, 0.3) is 0 Å². The zero-order chi connectivity index (χ0) is 15.4. The Kier molecular flexibility index (Phi) is 4.59. The number of benzene rings is 1. The van der Waals surface area contributed by atoms with Crippen molar-refractivity contribution < 1.29 is 9.53 Å². The molecule has 6 heteroatoms. The topological polar surface area (TPSA) is 93.0 Å². The Hall–Kier alpha value is -2.34. The molecule has 1 aromatic heterocycles. The summed E-state index contributed by atoms with van der Waals surface area (Å²) < 4.78 is 5.85. The fraction of sp³-hybridized carbons (Fsp3) is 0.333. The monoisotopic (exact) mass is 288 g/mol. The number of carbonyl (C=O) groups is 1. The first-order valence-electron chi connectivity index (χ1n) is 6.88. The number of nitrogens with zero attached hydrogens (tertiary/aromatic N) is 1. The van der Waals surface area contributed by atoms with Crippen molar-refractivity contribution in [1.82, 2.24) is 15.6 Å². The summed E-state index contributed by atoms with van der Waals surface area (Å²) in [5.74, 6) is 5.56. The van der Waals surface area contributed by atoms with Gasteiger partial charge in [-0.2, -0.15) is 5.10 Å². The Morgan fingerprint density at radius 3 is 2.67 bits per heavy atom. The van der Waals surface area contributed by atoms with Crippen LogP contribution in [0.4, 0.5) is 0 Å². The van der Waals surface area contributed by atoms with Gasteiger partial charge in [0.25, 0.3) is 5.91 Å². The van der Waals surface area contributed by atoms with Crippen LogP contribution in [0.2, 0.25) is 0 Å². The Bertz CT molecular complexity index is 619. The summed E-state index contributed by atoms with van der Waals surface area (Å²) in [5, 5.41) is 6.94. The number of nitrogens with one attached hydrogen (secondary N) is 2. The number of aryl methyl sites for hydroxylation is 2. The molecule has 6 nitrogen and oxygen atoms in total. The first kappa shape index (κ1) is 15.1. The molecule has 0 aliphatic heterocycles. The molecule has 2 aromatic rings. The molecule has 4 N–H and O–H groups in total. The third-order valence-corrected chi connectivity index (χ3v) is 3.36. The lowest BCUT2D eigenvalue weighted by atomic mass is 10.1. The van der Waals surface area contributed by atoms with Crippen molar-refractivity contribution in [3.05, 3.63) is 46.8 Å². The lowest BCUT2D eigenvalue weighted by molar-refractivity contribution is 0.0948. The van der Waals surface area contributed by atoms with E-state index in [9.17, 15) is 4.79 Å². The number of hydrazine groups is 1. The molecule has 0 saturated carbocycles. The summed E-state index contributed by atoms with van der Waals surface area (Å²) in [6.45, 7) is 5.71. The van der Waals surface area contributed by atoms with Gasteiger partial charge in [0.15, 0.2) is 0 Å². The smallest absolute Gasteiger partial charge is 0.269 e. The highest BCUT2D eigenvalue weighted by Gasteiger charge is 2.22. The van der Waals surface area contributed by atoms with Gasteiger partial charge in [-0.3, -0.25) is 15.3 Å². The molecule has 0 fully saturated rings. The zero-order valence-corrected chi connectivity index (χ0v) is 12.4. The summed E-state index contributed by atoms with van der Waals surface area (Å²) in [6.07, 6.45) is 0.615. The van der Waals surface area contributed by atoms with E-state index in [2.05, 4.69) is 22.5 Å². The predicted octanol–water partition coefficient (Wildman–Crippen LogP) is 2.02. The average Bonchev–Trinajstić information content (AvgIpc) is 2.89. The number of aromatic amines is 1. The quantitative estimate of drug-likeness (QED) is 0.446. The van der Waals surface area contributed by atoms with Crippen LogP contribution in [0.5, 0.6) is 5.75 Å². The molecule has 0 bridgehead atoms. The minimum atomic E-state index is -0.381. The van der Waals surface area contributed by atoms with Crippen LogP contribution < -0.4 is 16.0 Å². The van der Waals surface area contributed by atoms with Crippen LogP contribution in [-0.4, -0.2) is 16.1 Å². The van der Waals surface area contributed by atoms with Crippen molar-refractivity contribution in [3.63, 3.8) is 0 Å². The lowest BCUT2D eigenvalue weighted by Gasteiger charge is -2.14. The second kappa shape index (κ2) is 6.41. The first-order chi connectivity index (χ1) is 10.1. The molecule has 2 rings (SSSR count). The Balaban J connectivity index is 2.20. The van der Waals surface area contributed by atoms with Crippen molar-refractivity contribution in [2.45, 2.75) is 33.3 Å². The number of ether oxygens (including phenoxy) is 1. The number of hydrogen-bond acceptors (Lipinski definition) is 4. The minimum Gasteiger partial charge on any atom is -0.484 e. The van der Waals surface area contributed by atoms with Crippen molar-refractivity contribution in [1.29, 1.82) is 0 Å². The van der Waals surface area contributed by atoms with E-state index in [1.54, 1.807) is 6.92 Å². The van der Waals surface area contributed by atoms with Crippen LogP contribution in [0.15, 0.2) is 24.3 Å². The second-order valence-corrected chi connectivity index (χ2v) is 4.84. The van der Waals surface area contributed by atoms with Crippen molar-refractivity contribution >= 4 is 5.91 Å². The summed E-state index contributed by atoms with van der Waals surface area (Å²) in [4.78, 5) is 11.8. The molecule has 0 radical (unpaired) electrons. The highest BCUT2D eigenvalue weighted by molar-refractivity contribution is 5.96. The fourth-order valence-corrected chi connectivity index (χ4v) is 2.16. The number of aromatic nitrogens is 2. The maximum absolute atomic E-state index is 11.8. The van der Waals surface area contributed by atoms with Gasteiger partial charge in [0.1, 0.15) is 17.5 Å². The second-order valence-electron chi connectivity index (χ2n) is 4.84. The molecule has 21 heavy (non-hydrogen) atoms. The number of hydrogen-bond donors (Lipinski definition) is 3. The van der Waals surface area contributed by atoms with Crippen LogP contribution >= 0.6 is 0 Å². The van der Waals surface area contributed by atoms with E-state index in [1.165, 1.54) is 5.56 Å². The number of rotatable bonds is 5. The molecule has 1 unspecified atom stereocenters. The summed E-state index contributed by atoms with van der Waals surface area (Å²) in [7, 11) is 0. The third-order valence-electron chi connectivity index (χ3n) is 3.36. The van der Waals surface area contributed by atoms with Gasteiger partial charge in [-0.25, -0.2) is 5.84 Å². The normalized spacial score (nSPS) is 12.0.